The highest BCUT2D eigenvalue weighted by Gasteiger charge is 2.22. The molecule has 0 radical (unpaired) electrons. The average molecular weight is 258 g/mol. The van der Waals surface area contributed by atoms with E-state index in [9.17, 15) is 0 Å². The first-order chi connectivity index (χ1) is 8.27. The molecule has 0 aromatic heterocycles. The summed E-state index contributed by atoms with van der Waals surface area (Å²) in [5.41, 5.74) is 0. The standard InChI is InChI=1S/C14H30N2S/c1-4-16-10-7-14(8-11-16)13(2)15-9-5-6-12-17-3/h13-15H,4-12H2,1-3H3. The van der Waals surface area contributed by atoms with Gasteiger partial charge >= 0.3 is 0 Å². The topological polar surface area (TPSA) is 15.3 Å². The molecule has 17 heavy (non-hydrogen) atoms. The van der Waals surface area contributed by atoms with Crippen LogP contribution >= 0.6 is 11.8 Å². The zero-order chi connectivity index (χ0) is 12.5. The zero-order valence-corrected chi connectivity index (χ0v) is 12.7. The summed E-state index contributed by atoms with van der Waals surface area (Å²) in [6, 6.07) is 0.711. The molecule has 1 atom stereocenters. The Bertz CT molecular complexity index is 179. The van der Waals surface area contributed by atoms with Crippen molar-refractivity contribution in [1.82, 2.24) is 10.2 Å². The Labute approximate surface area is 112 Å². The number of unbranched alkanes of at least 4 members (excludes halogenated alkanes) is 1. The molecule has 0 bridgehead atoms. The number of likely N-dealkylation sites (tertiary alicyclic amines) is 1. The molecule has 1 N–H and O–H groups in total. The van der Waals surface area contributed by atoms with Gasteiger partial charge in [-0.1, -0.05) is 6.92 Å². The van der Waals surface area contributed by atoms with Crippen LogP contribution in [0.1, 0.15) is 39.5 Å². The lowest BCUT2D eigenvalue weighted by Gasteiger charge is -2.34. The Balaban J connectivity index is 2.05. The van der Waals surface area contributed by atoms with Crippen molar-refractivity contribution in [2.75, 3.05) is 38.2 Å². The molecule has 3 heteroatoms. The van der Waals surface area contributed by atoms with Gasteiger partial charge in [-0.05, 0) is 76.7 Å². The van der Waals surface area contributed by atoms with Crippen molar-refractivity contribution >= 4 is 11.8 Å². The van der Waals surface area contributed by atoms with E-state index in [1.165, 1.54) is 57.6 Å². The van der Waals surface area contributed by atoms with Crippen LogP contribution < -0.4 is 5.32 Å². The van der Waals surface area contributed by atoms with Gasteiger partial charge in [-0.2, -0.15) is 11.8 Å². The highest BCUT2D eigenvalue weighted by molar-refractivity contribution is 7.98. The van der Waals surface area contributed by atoms with Crippen LogP contribution in [-0.4, -0.2) is 49.1 Å². The van der Waals surface area contributed by atoms with Gasteiger partial charge in [0.05, 0.1) is 0 Å². The highest BCUT2D eigenvalue weighted by Crippen LogP contribution is 2.20. The van der Waals surface area contributed by atoms with Gasteiger partial charge in [-0.15, -0.1) is 0 Å². The Morgan fingerprint density at radius 3 is 2.59 bits per heavy atom. The fourth-order valence-corrected chi connectivity index (χ4v) is 3.13. The molecule has 1 aliphatic rings. The SMILES string of the molecule is CCN1CCC(C(C)NCCCCSC)CC1. The van der Waals surface area contributed by atoms with Crippen LogP contribution in [0.4, 0.5) is 0 Å². The largest absolute Gasteiger partial charge is 0.314 e. The van der Waals surface area contributed by atoms with Gasteiger partial charge < -0.3 is 10.2 Å². The average Bonchev–Trinajstić information content (AvgIpc) is 2.38. The number of thioether (sulfide) groups is 1. The summed E-state index contributed by atoms with van der Waals surface area (Å²) < 4.78 is 0. The molecule has 0 amide bonds. The van der Waals surface area contributed by atoms with E-state index < -0.39 is 0 Å². The molecule has 1 saturated heterocycles. The van der Waals surface area contributed by atoms with Crippen LogP contribution in [-0.2, 0) is 0 Å². The van der Waals surface area contributed by atoms with Gasteiger partial charge in [0, 0.05) is 6.04 Å². The van der Waals surface area contributed by atoms with Crippen LogP contribution in [0.2, 0.25) is 0 Å². The Kier molecular flexibility index (Phi) is 8.33. The fourth-order valence-electron chi connectivity index (χ4n) is 2.64. The summed E-state index contributed by atoms with van der Waals surface area (Å²) in [7, 11) is 0. The summed E-state index contributed by atoms with van der Waals surface area (Å²) in [6.07, 6.45) is 7.64. The lowest BCUT2D eigenvalue weighted by molar-refractivity contribution is 0.169. The molecule has 2 nitrogen and oxygen atoms in total. The molecule has 0 aromatic rings. The van der Waals surface area contributed by atoms with E-state index in [4.69, 9.17) is 0 Å². The molecule has 0 aliphatic carbocycles. The predicted octanol–water partition coefficient (Wildman–Crippen LogP) is 2.84. The van der Waals surface area contributed by atoms with Crippen LogP contribution in [0.25, 0.3) is 0 Å². The second-order valence-corrected chi connectivity index (χ2v) is 6.20. The van der Waals surface area contributed by atoms with Crippen molar-refractivity contribution in [3.63, 3.8) is 0 Å². The van der Waals surface area contributed by atoms with Crippen molar-refractivity contribution in [1.29, 1.82) is 0 Å². The maximum absolute atomic E-state index is 3.72. The van der Waals surface area contributed by atoms with Crippen LogP contribution in [0.3, 0.4) is 0 Å². The molecule has 1 aliphatic heterocycles. The molecule has 1 heterocycles. The molecule has 102 valence electrons. The first kappa shape index (κ1) is 15.3. The van der Waals surface area contributed by atoms with E-state index >= 15 is 0 Å². The minimum absolute atomic E-state index is 0.711. The Morgan fingerprint density at radius 1 is 1.29 bits per heavy atom. The molecule has 1 unspecified atom stereocenters. The van der Waals surface area contributed by atoms with E-state index in [0.717, 1.165) is 5.92 Å². The maximum Gasteiger partial charge on any atom is 0.00679 e. The molecule has 1 fully saturated rings. The van der Waals surface area contributed by atoms with Crippen molar-refractivity contribution in [2.45, 2.75) is 45.6 Å². The molecular weight excluding hydrogens is 228 g/mol. The van der Waals surface area contributed by atoms with Gasteiger partial charge in [0.2, 0.25) is 0 Å². The second-order valence-electron chi connectivity index (χ2n) is 5.21. The van der Waals surface area contributed by atoms with Gasteiger partial charge in [-0.3, -0.25) is 0 Å². The second kappa shape index (κ2) is 9.23. The fraction of sp³-hybridized carbons (Fsp3) is 1.00. The summed E-state index contributed by atoms with van der Waals surface area (Å²) in [4.78, 5) is 2.57. The third-order valence-corrected chi connectivity index (χ3v) is 4.73. The maximum atomic E-state index is 3.72. The minimum Gasteiger partial charge on any atom is -0.314 e. The van der Waals surface area contributed by atoms with Gasteiger partial charge in [0.15, 0.2) is 0 Å². The monoisotopic (exact) mass is 258 g/mol. The first-order valence-corrected chi connectivity index (χ1v) is 8.62. The number of hydrogen-bond acceptors (Lipinski definition) is 3. The van der Waals surface area contributed by atoms with E-state index in [0.29, 0.717) is 6.04 Å². The molecule has 0 aromatic carbocycles. The van der Waals surface area contributed by atoms with Crippen LogP contribution in [0.5, 0.6) is 0 Å². The summed E-state index contributed by atoms with van der Waals surface area (Å²) >= 11 is 1.96. The van der Waals surface area contributed by atoms with Gasteiger partial charge in [0.1, 0.15) is 0 Å². The van der Waals surface area contributed by atoms with Crippen molar-refractivity contribution in [3.05, 3.63) is 0 Å². The number of nitrogens with one attached hydrogen (secondary N) is 1. The quantitative estimate of drug-likeness (QED) is 0.674. The third kappa shape index (κ3) is 6.12. The number of piperidine rings is 1. The van der Waals surface area contributed by atoms with Crippen molar-refractivity contribution in [2.24, 2.45) is 5.92 Å². The van der Waals surface area contributed by atoms with Gasteiger partial charge in [0.25, 0.3) is 0 Å². The third-order valence-electron chi connectivity index (χ3n) is 4.03. The lowest BCUT2D eigenvalue weighted by atomic mass is 9.90. The predicted molar refractivity (Wildman–Crippen MR) is 79.9 cm³/mol. The van der Waals surface area contributed by atoms with E-state index in [1.807, 2.05) is 11.8 Å². The number of rotatable bonds is 8. The van der Waals surface area contributed by atoms with Crippen LogP contribution in [0, 0.1) is 5.92 Å². The molecule has 0 spiro atoms. The minimum atomic E-state index is 0.711. The smallest absolute Gasteiger partial charge is 0.00679 e. The Morgan fingerprint density at radius 2 is 2.00 bits per heavy atom. The first-order valence-electron chi connectivity index (χ1n) is 7.22. The highest BCUT2D eigenvalue weighted by atomic mass is 32.2. The zero-order valence-electron chi connectivity index (χ0n) is 11.9. The van der Waals surface area contributed by atoms with E-state index in [1.54, 1.807) is 0 Å². The summed E-state index contributed by atoms with van der Waals surface area (Å²) in [5, 5.41) is 3.72. The molecule has 0 saturated carbocycles. The summed E-state index contributed by atoms with van der Waals surface area (Å²) in [6.45, 7) is 9.69. The van der Waals surface area contributed by atoms with Crippen molar-refractivity contribution < 1.29 is 0 Å². The van der Waals surface area contributed by atoms with Crippen molar-refractivity contribution in [3.8, 4) is 0 Å². The molecule has 1 rings (SSSR count). The van der Waals surface area contributed by atoms with E-state index in [-0.39, 0.29) is 0 Å². The van der Waals surface area contributed by atoms with Crippen LogP contribution in [0.15, 0.2) is 0 Å². The van der Waals surface area contributed by atoms with Gasteiger partial charge in [-0.25, -0.2) is 0 Å². The lowest BCUT2D eigenvalue weighted by Crippen LogP contribution is -2.42. The normalized spacial score (nSPS) is 20.6. The Hall–Kier alpha value is 0.270. The number of nitrogens with zero attached hydrogens (tertiary/aromatic N) is 1. The summed E-state index contributed by atoms with van der Waals surface area (Å²) in [5.74, 6) is 2.21. The van der Waals surface area contributed by atoms with E-state index in [2.05, 4.69) is 30.3 Å². The number of hydrogen-bond donors (Lipinski definition) is 1. The molecular formula is C14H30N2S.